The highest BCUT2D eigenvalue weighted by Gasteiger charge is 2.37. The summed E-state index contributed by atoms with van der Waals surface area (Å²) in [7, 11) is 0. The fraction of sp³-hybridized carbons (Fsp3) is 0.300. The van der Waals surface area contributed by atoms with Crippen LogP contribution in [0.1, 0.15) is 24.0 Å². The summed E-state index contributed by atoms with van der Waals surface area (Å²) in [6.45, 7) is 0.335. The molecule has 3 rings (SSSR count). The molecule has 0 spiro atoms. The van der Waals surface area contributed by atoms with Crippen molar-refractivity contribution in [3.63, 3.8) is 0 Å². The molecule has 1 saturated heterocycles. The average molecular weight is 388 g/mol. The fourth-order valence-electron chi connectivity index (χ4n) is 3.18. The van der Waals surface area contributed by atoms with E-state index in [1.165, 1.54) is 17.0 Å². The number of carbonyl (C=O) groups is 2. The number of carbonyl (C=O) groups excluding carboxylic acids is 1. The largest absolute Gasteiger partial charge is 0.465 e. The summed E-state index contributed by atoms with van der Waals surface area (Å²) in [5.74, 6) is -0.674. The first-order chi connectivity index (χ1) is 13.4. The summed E-state index contributed by atoms with van der Waals surface area (Å²) < 4.78 is 19.6. The number of rotatable bonds is 4. The van der Waals surface area contributed by atoms with Crippen molar-refractivity contribution >= 4 is 17.9 Å². The van der Waals surface area contributed by atoms with Crippen molar-refractivity contribution in [3.8, 4) is 0 Å². The molecule has 0 atom stereocenters. The Kier molecular flexibility index (Phi) is 5.79. The molecular formula is C20H21FN2O5. The van der Waals surface area contributed by atoms with Gasteiger partial charge in [-0.15, -0.1) is 0 Å². The molecule has 7 nitrogen and oxygen atoms in total. The van der Waals surface area contributed by atoms with Gasteiger partial charge >= 0.3 is 12.2 Å². The number of ether oxygens (including phenoxy) is 1. The second-order valence-corrected chi connectivity index (χ2v) is 6.68. The number of nitrogens with zero attached hydrogens (tertiary/aromatic N) is 1. The van der Waals surface area contributed by atoms with Crippen molar-refractivity contribution in [2.45, 2.75) is 25.0 Å². The Labute approximate surface area is 161 Å². The van der Waals surface area contributed by atoms with E-state index in [2.05, 4.69) is 5.32 Å². The third kappa shape index (κ3) is 4.58. The lowest BCUT2D eigenvalue weighted by Crippen LogP contribution is -2.45. The number of halogens is 1. The number of hydrogen-bond acceptors (Lipinski definition) is 4. The predicted octanol–water partition coefficient (Wildman–Crippen LogP) is 3.54. The van der Waals surface area contributed by atoms with Gasteiger partial charge < -0.3 is 19.8 Å². The lowest BCUT2D eigenvalue weighted by atomic mass is 9.84. The number of benzene rings is 2. The van der Waals surface area contributed by atoms with Crippen LogP contribution in [0.15, 0.2) is 48.5 Å². The van der Waals surface area contributed by atoms with Crippen molar-refractivity contribution in [2.75, 3.05) is 18.4 Å². The molecule has 1 heterocycles. The molecule has 1 aliphatic heterocycles. The predicted molar refractivity (Wildman–Crippen MR) is 99.4 cm³/mol. The van der Waals surface area contributed by atoms with Crippen molar-refractivity contribution in [2.24, 2.45) is 0 Å². The van der Waals surface area contributed by atoms with Gasteiger partial charge in [-0.2, -0.15) is 0 Å². The van der Waals surface area contributed by atoms with Gasteiger partial charge in [0.15, 0.2) is 0 Å². The van der Waals surface area contributed by atoms with E-state index in [0.29, 0.717) is 0 Å². The number of likely N-dealkylation sites (tertiary alicyclic amines) is 1. The summed E-state index contributed by atoms with van der Waals surface area (Å²) in [6, 6.07) is 13.1. The monoisotopic (exact) mass is 388 g/mol. The third-order valence-electron chi connectivity index (χ3n) is 4.79. The minimum atomic E-state index is -1.44. The Hall–Kier alpha value is -3.13. The van der Waals surface area contributed by atoms with Crippen LogP contribution in [0.5, 0.6) is 0 Å². The molecule has 2 amide bonds. The molecule has 0 saturated carbocycles. The molecule has 2 aromatic rings. The van der Waals surface area contributed by atoms with E-state index in [9.17, 15) is 19.1 Å². The van der Waals surface area contributed by atoms with Crippen LogP contribution in [0.4, 0.5) is 19.7 Å². The minimum absolute atomic E-state index is 0.0840. The average Bonchev–Trinajstić information content (AvgIpc) is 2.67. The van der Waals surface area contributed by atoms with Crippen LogP contribution in [0.2, 0.25) is 0 Å². The van der Waals surface area contributed by atoms with Crippen molar-refractivity contribution in [1.82, 2.24) is 4.90 Å². The van der Waals surface area contributed by atoms with Gasteiger partial charge in [0.25, 0.3) is 0 Å². The standard InChI is InChI=1S/C20H21FN2O5/c21-17-12-15(22-18(24)28-13-14-4-2-1-3-5-14)6-7-16(17)20(27)8-10-23(11-9-20)19(25)26/h1-7,12,27H,8-11,13H2,(H,22,24)(H,25,26). The SMILES string of the molecule is O=C(Nc1ccc(C2(O)CCN(C(=O)O)CC2)c(F)c1)OCc1ccccc1. The highest BCUT2D eigenvalue weighted by molar-refractivity contribution is 5.84. The van der Waals surface area contributed by atoms with E-state index in [4.69, 9.17) is 9.84 Å². The van der Waals surface area contributed by atoms with Crippen LogP contribution >= 0.6 is 0 Å². The van der Waals surface area contributed by atoms with Gasteiger partial charge in [0.1, 0.15) is 12.4 Å². The van der Waals surface area contributed by atoms with Crippen molar-refractivity contribution < 1.29 is 28.9 Å². The Morgan fingerprint density at radius 2 is 1.82 bits per heavy atom. The van der Waals surface area contributed by atoms with Gasteiger partial charge in [-0.05, 0) is 30.5 Å². The topological polar surface area (TPSA) is 99.1 Å². The highest BCUT2D eigenvalue weighted by Crippen LogP contribution is 2.35. The van der Waals surface area contributed by atoms with Crippen LogP contribution in [0, 0.1) is 5.82 Å². The Morgan fingerprint density at radius 3 is 2.43 bits per heavy atom. The van der Waals surface area contributed by atoms with E-state index >= 15 is 0 Å². The highest BCUT2D eigenvalue weighted by atomic mass is 19.1. The molecule has 0 aromatic heterocycles. The molecule has 1 fully saturated rings. The quantitative estimate of drug-likeness (QED) is 0.744. The number of nitrogens with one attached hydrogen (secondary N) is 1. The molecule has 148 valence electrons. The summed E-state index contributed by atoms with van der Waals surface area (Å²) >= 11 is 0. The maximum Gasteiger partial charge on any atom is 0.411 e. The van der Waals surface area contributed by atoms with Crippen LogP contribution in [0.3, 0.4) is 0 Å². The van der Waals surface area contributed by atoms with Gasteiger partial charge in [-0.25, -0.2) is 14.0 Å². The number of anilines is 1. The normalized spacial score (nSPS) is 15.7. The Bertz CT molecular complexity index is 851. The van der Waals surface area contributed by atoms with Gasteiger partial charge in [0.05, 0.1) is 5.60 Å². The van der Waals surface area contributed by atoms with E-state index in [1.807, 2.05) is 30.3 Å². The molecule has 8 heteroatoms. The minimum Gasteiger partial charge on any atom is -0.465 e. The first-order valence-electron chi connectivity index (χ1n) is 8.85. The Morgan fingerprint density at radius 1 is 1.14 bits per heavy atom. The number of amides is 2. The summed E-state index contributed by atoms with van der Waals surface area (Å²) in [5, 5.41) is 22.2. The lowest BCUT2D eigenvalue weighted by molar-refractivity contribution is -0.0238. The van der Waals surface area contributed by atoms with Gasteiger partial charge in [-0.1, -0.05) is 36.4 Å². The van der Waals surface area contributed by atoms with E-state index < -0.39 is 23.6 Å². The molecule has 28 heavy (non-hydrogen) atoms. The molecular weight excluding hydrogens is 367 g/mol. The number of piperidine rings is 1. The van der Waals surface area contributed by atoms with Crippen LogP contribution < -0.4 is 5.32 Å². The zero-order chi connectivity index (χ0) is 20.1. The van der Waals surface area contributed by atoms with Gasteiger partial charge in [0, 0.05) is 24.3 Å². The first-order valence-corrected chi connectivity index (χ1v) is 8.85. The molecule has 0 aliphatic carbocycles. The zero-order valence-corrected chi connectivity index (χ0v) is 15.1. The summed E-state index contributed by atoms with van der Waals surface area (Å²) in [4.78, 5) is 24.0. The van der Waals surface area contributed by atoms with Crippen LogP contribution in [0.25, 0.3) is 0 Å². The van der Waals surface area contributed by atoms with Crippen molar-refractivity contribution in [1.29, 1.82) is 0 Å². The summed E-state index contributed by atoms with van der Waals surface area (Å²) in [5.41, 5.74) is -0.330. The third-order valence-corrected chi connectivity index (χ3v) is 4.79. The lowest BCUT2D eigenvalue weighted by Gasteiger charge is -2.37. The number of aliphatic hydroxyl groups is 1. The van der Waals surface area contributed by atoms with Crippen LogP contribution in [-0.4, -0.2) is 40.4 Å². The molecule has 0 unspecified atom stereocenters. The summed E-state index contributed by atoms with van der Waals surface area (Å²) in [6.07, 6.45) is -1.58. The molecule has 2 aromatic carbocycles. The van der Waals surface area contributed by atoms with E-state index in [1.54, 1.807) is 0 Å². The molecule has 3 N–H and O–H groups in total. The van der Waals surface area contributed by atoms with E-state index in [0.717, 1.165) is 11.6 Å². The maximum absolute atomic E-state index is 14.6. The van der Waals surface area contributed by atoms with E-state index in [-0.39, 0.29) is 43.8 Å². The second-order valence-electron chi connectivity index (χ2n) is 6.68. The zero-order valence-electron chi connectivity index (χ0n) is 15.1. The van der Waals surface area contributed by atoms with Gasteiger partial charge in [-0.3, -0.25) is 5.32 Å². The fourth-order valence-corrected chi connectivity index (χ4v) is 3.18. The molecule has 0 radical (unpaired) electrons. The number of hydrogen-bond donors (Lipinski definition) is 3. The van der Waals surface area contributed by atoms with Crippen LogP contribution in [-0.2, 0) is 16.9 Å². The second kappa shape index (κ2) is 8.26. The van der Waals surface area contributed by atoms with Gasteiger partial charge in [0.2, 0.25) is 0 Å². The molecule has 1 aliphatic rings. The van der Waals surface area contributed by atoms with Crippen molar-refractivity contribution in [3.05, 3.63) is 65.5 Å². The maximum atomic E-state index is 14.6. The molecule has 0 bridgehead atoms. The Balaban J connectivity index is 1.61. The number of carboxylic acid groups (broad SMARTS) is 1. The first kappa shape index (κ1) is 19.6. The smallest absolute Gasteiger partial charge is 0.411 e.